The van der Waals surface area contributed by atoms with Crippen molar-refractivity contribution in [3.05, 3.63) is 57.8 Å². The Balaban J connectivity index is 1.66. The molecular weight excluding hydrogens is 408 g/mol. The number of hydrogen-bond donors (Lipinski definition) is 0. The number of unbranched alkanes of at least 4 members (excludes halogenated alkanes) is 1. The Hall–Kier alpha value is -2.73. The number of amides is 2. The summed E-state index contributed by atoms with van der Waals surface area (Å²) < 4.78 is 0. The summed E-state index contributed by atoms with van der Waals surface area (Å²) in [6.45, 7) is 6.58. The maximum atomic E-state index is 13.7. The number of Topliss-reactive ketones (excluding diaryl/α,β-unsaturated/α-hetero) is 1. The Labute approximate surface area is 186 Å². The summed E-state index contributed by atoms with van der Waals surface area (Å²) in [5.74, 6) is -1.53. The zero-order valence-corrected chi connectivity index (χ0v) is 18.8. The van der Waals surface area contributed by atoms with Gasteiger partial charge in [0.1, 0.15) is 6.04 Å². The van der Waals surface area contributed by atoms with Crippen LogP contribution in [-0.4, -0.2) is 41.1 Å². The van der Waals surface area contributed by atoms with Crippen LogP contribution in [0.4, 0.5) is 5.69 Å². The van der Waals surface area contributed by atoms with E-state index in [4.69, 9.17) is 0 Å². The van der Waals surface area contributed by atoms with Gasteiger partial charge in [-0.3, -0.25) is 19.3 Å². The van der Waals surface area contributed by atoms with Gasteiger partial charge in [0, 0.05) is 17.8 Å². The van der Waals surface area contributed by atoms with Crippen LogP contribution in [0.25, 0.3) is 5.57 Å². The summed E-state index contributed by atoms with van der Waals surface area (Å²) in [6, 6.07) is 8.91. The molecule has 2 fully saturated rings. The standard InChI is InChI=1S/C25H26N2O3S/c1-4-5-10-26-24(29)20-18-13-15(3)16-12-14(2)8-9-17(16)27(18)22(21(20)25(26)30)23(28)19-7-6-11-31-19/h6-9,11-13,18,20-22H,4-5,10H2,1-3H3/t18-,20+,21+,22-/m0/s1. The highest BCUT2D eigenvalue weighted by Crippen LogP contribution is 2.50. The van der Waals surface area contributed by atoms with Crippen molar-refractivity contribution in [2.24, 2.45) is 11.8 Å². The highest BCUT2D eigenvalue weighted by Gasteiger charge is 2.64. The second-order valence-corrected chi connectivity index (χ2v) is 9.74. The van der Waals surface area contributed by atoms with Crippen molar-refractivity contribution in [1.29, 1.82) is 0 Å². The van der Waals surface area contributed by atoms with Crippen molar-refractivity contribution in [3.63, 3.8) is 0 Å². The third-order valence-corrected chi connectivity index (χ3v) is 7.75. The van der Waals surface area contributed by atoms with Crippen LogP contribution < -0.4 is 4.90 Å². The molecule has 4 heterocycles. The lowest BCUT2D eigenvalue weighted by Crippen LogP contribution is -2.49. The summed E-state index contributed by atoms with van der Waals surface area (Å²) in [7, 11) is 0. The third-order valence-electron chi connectivity index (χ3n) is 6.86. The first-order chi connectivity index (χ1) is 14.9. The van der Waals surface area contributed by atoms with E-state index in [1.807, 2.05) is 43.5 Å². The molecule has 5 nitrogen and oxygen atoms in total. The summed E-state index contributed by atoms with van der Waals surface area (Å²) in [5, 5.41) is 1.88. The van der Waals surface area contributed by atoms with Crippen LogP contribution in [0.3, 0.4) is 0 Å². The molecule has 6 heteroatoms. The van der Waals surface area contributed by atoms with Crippen molar-refractivity contribution < 1.29 is 14.4 Å². The van der Waals surface area contributed by atoms with Gasteiger partial charge < -0.3 is 4.90 Å². The minimum Gasteiger partial charge on any atom is -0.352 e. The number of allylic oxidation sites excluding steroid dienone is 1. The predicted octanol–water partition coefficient (Wildman–Crippen LogP) is 4.31. The average Bonchev–Trinajstić information content (AvgIpc) is 3.44. The molecule has 0 N–H and O–H groups in total. The molecule has 0 aliphatic carbocycles. The van der Waals surface area contributed by atoms with Crippen LogP contribution in [0.2, 0.25) is 0 Å². The predicted molar refractivity (Wildman–Crippen MR) is 122 cm³/mol. The molecule has 3 aliphatic heterocycles. The maximum absolute atomic E-state index is 13.7. The van der Waals surface area contributed by atoms with Crippen LogP contribution in [0.5, 0.6) is 0 Å². The minimum atomic E-state index is -0.664. The van der Waals surface area contributed by atoms with E-state index >= 15 is 0 Å². The van der Waals surface area contributed by atoms with Gasteiger partial charge in [-0.1, -0.05) is 37.1 Å². The molecule has 4 atom stereocenters. The number of nitrogens with zero attached hydrogens (tertiary/aromatic N) is 2. The number of carbonyl (C=O) groups excluding carboxylic acids is 3. The lowest BCUT2D eigenvalue weighted by atomic mass is 9.86. The zero-order chi connectivity index (χ0) is 21.9. The number of likely N-dealkylation sites (tertiary alicyclic amines) is 1. The normalized spacial score (nSPS) is 26.6. The van der Waals surface area contributed by atoms with Crippen LogP contribution in [0.15, 0.2) is 41.8 Å². The topological polar surface area (TPSA) is 57.7 Å². The highest BCUT2D eigenvalue weighted by atomic mass is 32.1. The Kier molecular flexibility index (Phi) is 4.85. The van der Waals surface area contributed by atoms with E-state index in [9.17, 15) is 14.4 Å². The van der Waals surface area contributed by atoms with E-state index in [0.717, 1.165) is 35.2 Å². The van der Waals surface area contributed by atoms with Gasteiger partial charge in [-0.05, 0) is 49.4 Å². The molecule has 2 amide bonds. The Morgan fingerprint density at radius 3 is 2.58 bits per heavy atom. The van der Waals surface area contributed by atoms with Crippen LogP contribution >= 0.6 is 11.3 Å². The molecule has 0 unspecified atom stereocenters. The molecule has 31 heavy (non-hydrogen) atoms. The molecule has 3 aliphatic rings. The number of fused-ring (bicyclic) bond motifs is 5. The van der Waals surface area contributed by atoms with Gasteiger partial charge in [0.15, 0.2) is 5.78 Å². The van der Waals surface area contributed by atoms with Gasteiger partial charge in [0.2, 0.25) is 11.8 Å². The summed E-state index contributed by atoms with van der Waals surface area (Å²) in [4.78, 5) is 44.7. The molecule has 1 aromatic heterocycles. The van der Waals surface area contributed by atoms with Gasteiger partial charge in [0.05, 0.1) is 22.8 Å². The second-order valence-electron chi connectivity index (χ2n) is 8.79. The van der Waals surface area contributed by atoms with Crippen molar-refractivity contribution in [3.8, 4) is 0 Å². The summed E-state index contributed by atoms with van der Waals surface area (Å²) in [6.07, 6.45) is 3.78. The molecule has 0 saturated carbocycles. The number of benzene rings is 1. The number of aryl methyl sites for hydroxylation is 1. The van der Waals surface area contributed by atoms with Gasteiger partial charge >= 0.3 is 0 Å². The van der Waals surface area contributed by atoms with Crippen LogP contribution in [0.1, 0.15) is 47.5 Å². The van der Waals surface area contributed by atoms with Crippen LogP contribution in [0, 0.1) is 18.8 Å². The highest BCUT2D eigenvalue weighted by molar-refractivity contribution is 7.12. The number of hydrogen-bond acceptors (Lipinski definition) is 5. The fourth-order valence-electron chi connectivity index (χ4n) is 5.42. The second kappa shape index (κ2) is 7.45. The van der Waals surface area contributed by atoms with Gasteiger partial charge in [-0.25, -0.2) is 0 Å². The van der Waals surface area contributed by atoms with E-state index in [1.54, 1.807) is 0 Å². The SMILES string of the molecule is CCCCN1C(=O)[C@@H]2[C@H](C1=O)[C@@H]1C=C(C)c3cc(C)ccc3N1[C@@H]2C(=O)c1cccs1. The summed E-state index contributed by atoms with van der Waals surface area (Å²) >= 11 is 1.39. The molecule has 2 aromatic rings. The Bertz CT molecular complexity index is 1100. The first-order valence-corrected chi connectivity index (χ1v) is 11.8. The zero-order valence-electron chi connectivity index (χ0n) is 18.0. The van der Waals surface area contributed by atoms with E-state index in [-0.39, 0.29) is 23.6 Å². The number of carbonyl (C=O) groups is 3. The first-order valence-electron chi connectivity index (χ1n) is 10.9. The first kappa shape index (κ1) is 20.2. The number of rotatable bonds is 5. The molecule has 0 bridgehead atoms. The number of thiophene rings is 1. The van der Waals surface area contributed by atoms with Gasteiger partial charge in [-0.15, -0.1) is 11.3 Å². The largest absolute Gasteiger partial charge is 0.352 e. The lowest BCUT2D eigenvalue weighted by molar-refractivity contribution is -0.140. The maximum Gasteiger partial charge on any atom is 0.235 e. The molecule has 0 radical (unpaired) electrons. The quantitative estimate of drug-likeness (QED) is 0.520. The molecule has 2 saturated heterocycles. The van der Waals surface area contributed by atoms with E-state index in [2.05, 4.69) is 24.0 Å². The minimum absolute atomic E-state index is 0.0644. The third kappa shape index (κ3) is 2.92. The Morgan fingerprint density at radius 2 is 1.87 bits per heavy atom. The number of anilines is 1. The van der Waals surface area contributed by atoms with Crippen molar-refractivity contribution in [1.82, 2.24) is 4.90 Å². The van der Waals surface area contributed by atoms with Crippen LogP contribution in [-0.2, 0) is 9.59 Å². The summed E-state index contributed by atoms with van der Waals surface area (Å²) in [5.41, 5.74) is 4.25. The molecule has 1 aromatic carbocycles. The fraction of sp³-hybridized carbons (Fsp3) is 0.400. The molecule has 5 rings (SSSR count). The monoisotopic (exact) mass is 434 g/mol. The molecule has 0 spiro atoms. The lowest BCUT2D eigenvalue weighted by Gasteiger charge is -2.38. The number of ketones is 1. The Morgan fingerprint density at radius 1 is 1.10 bits per heavy atom. The van der Waals surface area contributed by atoms with Gasteiger partial charge in [0.25, 0.3) is 0 Å². The van der Waals surface area contributed by atoms with E-state index < -0.39 is 17.9 Å². The van der Waals surface area contributed by atoms with E-state index in [1.165, 1.54) is 16.2 Å². The van der Waals surface area contributed by atoms with Crippen molar-refractivity contribution in [2.75, 3.05) is 11.4 Å². The average molecular weight is 435 g/mol. The molecule has 160 valence electrons. The van der Waals surface area contributed by atoms with Crippen molar-refractivity contribution in [2.45, 2.75) is 45.7 Å². The smallest absolute Gasteiger partial charge is 0.235 e. The van der Waals surface area contributed by atoms with E-state index in [0.29, 0.717) is 11.4 Å². The number of imide groups is 1. The van der Waals surface area contributed by atoms with Gasteiger partial charge in [-0.2, -0.15) is 0 Å². The van der Waals surface area contributed by atoms with Crippen molar-refractivity contribution >= 4 is 40.2 Å². The fourth-order valence-corrected chi connectivity index (χ4v) is 6.12. The molecular formula is C25H26N2O3S.